The Balaban J connectivity index is 2.96. The van der Waals surface area contributed by atoms with Crippen molar-refractivity contribution in [3.8, 4) is 11.8 Å². The molecule has 2 radical (unpaired) electrons. The molecule has 0 aliphatic carbocycles. The first-order chi connectivity index (χ1) is 5.91. The van der Waals surface area contributed by atoms with Crippen molar-refractivity contribution < 1.29 is 0 Å². The molecular formula is C12H20. The molecule has 68 valence electrons. The Morgan fingerprint density at radius 2 is 1.33 bits per heavy atom. The van der Waals surface area contributed by atoms with Crippen LogP contribution in [-0.2, 0) is 0 Å². The lowest BCUT2D eigenvalue weighted by molar-refractivity contribution is 0.655. The lowest BCUT2D eigenvalue weighted by atomic mass is 10.1. The van der Waals surface area contributed by atoms with Crippen molar-refractivity contribution in [3.63, 3.8) is 0 Å². The summed E-state index contributed by atoms with van der Waals surface area (Å²) in [6.45, 7) is 7.54. The van der Waals surface area contributed by atoms with Crippen LogP contribution in [0, 0.1) is 25.7 Å². The van der Waals surface area contributed by atoms with E-state index in [0.29, 0.717) is 0 Å². The van der Waals surface area contributed by atoms with E-state index >= 15 is 0 Å². The molecule has 0 aliphatic heterocycles. The zero-order valence-corrected chi connectivity index (χ0v) is 8.07. The first-order valence-corrected chi connectivity index (χ1v) is 4.96. The third-order valence-electron chi connectivity index (χ3n) is 1.73. The van der Waals surface area contributed by atoms with Crippen LogP contribution >= 0.6 is 0 Å². The van der Waals surface area contributed by atoms with Crippen LogP contribution in [0.3, 0.4) is 0 Å². The summed E-state index contributed by atoms with van der Waals surface area (Å²) in [5.74, 6) is 6.26. The van der Waals surface area contributed by atoms with Crippen LogP contribution in [0.2, 0.25) is 0 Å². The third kappa shape index (κ3) is 9.56. The van der Waals surface area contributed by atoms with Crippen LogP contribution < -0.4 is 0 Å². The molecule has 0 saturated carbocycles. The summed E-state index contributed by atoms with van der Waals surface area (Å²) >= 11 is 0. The predicted octanol–water partition coefficient (Wildman–Crippen LogP) is 3.78. The number of hydrogen-bond donors (Lipinski definition) is 0. The van der Waals surface area contributed by atoms with Gasteiger partial charge in [-0.25, -0.2) is 0 Å². The Bertz CT molecular complexity index is 125. The largest absolute Gasteiger partial charge is 0.103 e. The zero-order valence-electron chi connectivity index (χ0n) is 8.07. The maximum atomic E-state index is 3.81. The number of hydrogen-bond acceptors (Lipinski definition) is 0. The zero-order chi connectivity index (χ0) is 9.07. The predicted molar refractivity (Wildman–Crippen MR) is 55.4 cm³/mol. The van der Waals surface area contributed by atoms with E-state index in [1.807, 2.05) is 0 Å². The van der Waals surface area contributed by atoms with Gasteiger partial charge in [0, 0.05) is 12.8 Å². The van der Waals surface area contributed by atoms with E-state index in [4.69, 9.17) is 0 Å². The van der Waals surface area contributed by atoms with Gasteiger partial charge in [0.05, 0.1) is 0 Å². The highest BCUT2D eigenvalue weighted by molar-refractivity contribution is 4.98. The van der Waals surface area contributed by atoms with Gasteiger partial charge in [-0.05, 0) is 12.8 Å². The maximum absolute atomic E-state index is 3.81. The Labute approximate surface area is 77.8 Å². The van der Waals surface area contributed by atoms with Crippen LogP contribution in [0.15, 0.2) is 0 Å². The summed E-state index contributed by atoms with van der Waals surface area (Å²) in [4.78, 5) is 0. The van der Waals surface area contributed by atoms with Crippen molar-refractivity contribution in [2.75, 3.05) is 0 Å². The van der Waals surface area contributed by atoms with E-state index in [-0.39, 0.29) is 0 Å². The van der Waals surface area contributed by atoms with Crippen molar-refractivity contribution in [2.45, 2.75) is 51.4 Å². The molecule has 0 amide bonds. The van der Waals surface area contributed by atoms with Gasteiger partial charge in [0.1, 0.15) is 0 Å². The van der Waals surface area contributed by atoms with Crippen LogP contribution in [-0.4, -0.2) is 0 Å². The van der Waals surface area contributed by atoms with Crippen molar-refractivity contribution >= 4 is 0 Å². The van der Waals surface area contributed by atoms with Gasteiger partial charge < -0.3 is 0 Å². The van der Waals surface area contributed by atoms with Gasteiger partial charge in [-0.2, -0.15) is 0 Å². The second-order valence-corrected chi connectivity index (χ2v) is 2.97. The molecule has 0 heteroatoms. The van der Waals surface area contributed by atoms with Crippen molar-refractivity contribution in [2.24, 2.45) is 0 Å². The SMILES string of the molecule is [CH2]CCC#CCCCCCC[CH2]. The molecule has 0 spiro atoms. The molecule has 0 bridgehead atoms. The van der Waals surface area contributed by atoms with Gasteiger partial charge in [0.2, 0.25) is 0 Å². The fraction of sp³-hybridized carbons (Fsp3) is 0.667. The van der Waals surface area contributed by atoms with Gasteiger partial charge >= 0.3 is 0 Å². The monoisotopic (exact) mass is 164 g/mol. The summed E-state index contributed by atoms with van der Waals surface area (Å²) in [7, 11) is 0. The average molecular weight is 164 g/mol. The molecule has 0 rings (SSSR count). The summed E-state index contributed by atoms with van der Waals surface area (Å²) in [5, 5.41) is 0. The maximum Gasteiger partial charge on any atom is 0.00886 e. The van der Waals surface area contributed by atoms with Gasteiger partial charge in [0.25, 0.3) is 0 Å². The fourth-order valence-corrected chi connectivity index (χ4v) is 1.01. The topological polar surface area (TPSA) is 0 Å². The van der Waals surface area contributed by atoms with Crippen LogP contribution in [0.25, 0.3) is 0 Å². The van der Waals surface area contributed by atoms with E-state index in [1.165, 1.54) is 25.7 Å². The Kier molecular flexibility index (Phi) is 10.2. The van der Waals surface area contributed by atoms with Crippen molar-refractivity contribution in [1.82, 2.24) is 0 Å². The van der Waals surface area contributed by atoms with Gasteiger partial charge in [-0.15, -0.1) is 11.8 Å². The van der Waals surface area contributed by atoms with Gasteiger partial charge in [-0.1, -0.05) is 39.5 Å². The second kappa shape index (κ2) is 10.6. The number of unbranched alkanes of at least 4 members (excludes halogenated alkanes) is 6. The van der Waals surface area contributed by atoms with Crippen LogP contribution in [0.5, 0.6) is 0 Å². The minimum atomic E-state index is 0.939. The standard InChI is InChI=1S/C12H20/c1-3-5-7-9-11-12-10-8-6-4-2/h1-7,9,11-12H2. The highest BCUT2D eigenvalue weighted by Crippen LogP contribution is 2.03. The minimum absolute atomic E-state index is 0.939. The normalized spacial score (nSPS) is 9.17. The Hall–Kier alpha value is -0.440. The molecule has 0 saturated heterocycles. The van der Waals surface area contributed by atoms with Crippen LogP contribution in [0.1, 0.15) is 51.4 Å². The number of rotatable bonds is 6. The molecule has 0 unspecified atom stereocenters. The molecule has 0 heterocycles. The highest BCUT2D eigenvalue weighted by Gasteiger charge is 1.85. The fourth-order valence-electron chi connectivity index (χ4n) is 1.01. The molecule has 0 aromatic carbocycles. The molecule has 0 atom stereocenters. The average Bonchev–Trinajstić information content (AvgIpc) is 2.10. The molecule has 0 aromatic heterocycles. The van der Waals surface area contributed by atoms with Crippen LogP contribution in [0.4, 0.5) is 0 Å². The minimum Gasteiger partial charge on any atom is -0.103 e. The summed E-state index contributed by atoms with van der Waals surface area (Å²) in [6.07, 6.45) is 9.20. The first kappa shape index (κ1) is 11.6. The lowest BCUT2D eigenvalue weighted by Gasteiger charge is -1.94. The van der Waals surface area contributed by atoms with E-state index in [1.54, 1.807) is 0 Å². The first-order valence-electron chi connectivity index (χ1n) is 4.96. The molecule has 0 fully saturated rings. The molecule has 0 N–H and O–H groups in total. The molecule has 0 nitrogen and oxygen atoms in total. The van der Waals surface area contributed by atoms with Gasteiger partial charge in [0.15, 0.2) is 0 Å². The van der Waals surface area contributed by atoms with E-state index in [9.17, 15) is 0 Å². The molecule has 12 heavy (non-hydrogen) atoms. The smallest absolute Gasteiger partial charge is 0.00886 e. The quantitative estimate of drug-likeness (QED) is 0.414. The Morgan fingerprint density at radius 3 is 2.00 bits per heavy atom. The van der Waals surface area contributed by atoms with E-state index in [0.717, 1.165) is 25.7 Å². The van der Waals surface area contributed by atoms with E-state index < -0.39 is 0 Å². The third-order valence-corrected chi connectivity index (χ3v) is 1.73. The highest BCUT2D eigenvalue weighted by atomic mass is 13.9. The molecular weight excluding hydrogens is 144 g/mol. The second-order valence-electron chi connectivity index (χ2n) is 2.97. The summed E-state index contributed by atoms with van der Waals surface area (Å²) in [6, 6.07) is 0. The van der Waals surface area contributed by atoms with Gasteiger partial charge in [-0.3, -0.25) is 0 Å². The molecule has 0 aliphatic rings. The Morgan fingerprint density at radius 1 is 0.667 bits per heavy atom. The summed E-state index contributed by atoms with van der Waals surface area (Å²) < 4.78 is 0. The molecule has 0 aromatic rings. The summed E-state index contributed by atoms with van der Waals surface area (Å²) in [5.41, 5.74) is 0. The lowest BCUT2D eigenvalue weighted by Crippen LogP contribution is -1.76. The van der Waals surface area contributed by atoms with Crippen molar-refractivity contribution in [3.05, 3.63) is 13.8 Å². The van der Waals surface area contributed by atoms with E-state index in [2.05, 4.69) is 25.7 Å². The van der Waals surface area contributed by atoms with Crippen molar-refractivity contribution in [1.29, 1.82) is 0 Å².